The van der Waals surface area contributed by atoms with Gasteiger partial charge in [-0.25, -0.2) is 9.59 Å². The minimum absolute atomic E-state index is 0.176. The number of carbonyl (C=O) groups is 2. The van der Waals surface area contributed by atoms with E-state index in [0.29, 0.717) is 6.61 Å². The highest BCUT2D eigenvalue weighted by molar-refractivity contribution is 5.84. The number of hydrogen-bond acceptors (Lipinski definition) is 3. The van der Waals surface area contributed by atoms with Crippen molar-refractivity contribution in [1.82, 2.24) is 0 Å². The van der Waals surface area contributed by atoms with Crippen LogP contribution >= 0.6 is 0 Å². The van der Waals surface area contributed by atoms with Crippen LogP contribution in [-0.2, 0) is 14.3 Å². The standard InChI is InChI=1S/C11H20O2.C8H8.C4H6O2/c1-4-11(12)13-9-7-5-6-8-10(2)3;1-2-8-6-4-3-5-7-8;1-3(2)4(5)6/h4,10H,1,5-9H2,2-3H3;2-7H,1H2;1H2,2H3,(H,5,6). The van der Waals surface area contributed by atoms with Crippen LogP contribution in [0.1, 0.15) is 52.0 Å². The van der Waals surface area contributed by atoms with Gasteiger partial charge in [-0.15, -0.1) is 0 Å². The van der Waals surface area contributed by atoms with E-state index < -0.39 is 5.97 Å². The van der Waals surface area contributed by atoms with E-state index in [0.717, 1.165) is 18.8 Å². The Hall–Kier alpha value is -2.62. The number of esters is 1. The van der Waals surface area contributed by atoms with Crippen molar-refractivity contribution in [2.75, 3.05) is 6.61 Å². The lowest BCUT2D eigenvalue weighted by atomic mass is 10.1. The summed E-state index contributed by atoms with van der Waals surface area (Å²) in [4.78, 5) is 20.2. The molecule has 1 rings (SSSR count). The molecule has 150 valence electrons. The number of aliphatic carboxylic acids is 1. The predicted molar refractivity (Wildman–Crippen MR) is 113 cm³/mol. The molecule has 0 spiro atoms. The molecule has 0 aliphatic rings. The molecule has 0 unspecified atom stereocenters. The summed E-state index contributed by atoms with van der Waals surface area (Å²) in [6.07, 6.45) is 7.63. The van der Waals surface area contributed by atoms with E-state index in [4.69, 9.17) is 9.84 Å². The molecule has 1 aromatic rings. The van der Waals surface area contributed by atoms with Crippen LogP contribution in [0.4, 0.5) is 0 Å². The number of hydrogen-bond donors (Lipinski definition) is 1. The fourth-order valence-electron chi connectivity index (χ4n) is 1.65. The monoisotopic (exact) mass is 374 g/mol. The van der Waals surface area contributed by atoms with Crippen LogP contribution in [0.5, 0.6) is 0 Å². The van der Waals surface area contributed by atoms with Crippen LogP contribution in [0.3, 0.4) is 0 Å². The van der Waals surface area contributed by atoms with Gasteiger partial charge < -0.3 is 9.84 Å². The van der Waals surface area contributed by atoms with Crippen molar-refractivity contribution < 1.29 is 19.4 Å². The third-order valence-electron chi connectivity index (χ3n) is 3.24. The van der Waals surface area contributed by atoms with Gasteiger partial charge in [-0.05, 0) is 24.8 Å². The minimum atomic E-state index is -0.935. The first-order chi connectivity index (χ1) is 12.7. The molecule has 27 heavy (non-hydrogen) atoms. The number of carbonyl (C=O) groups excluding carboxylic acids is 1. The highest BCUT2D eigenvalue weighted by Crippen LogP contribution is 2.07. The van der Waals surface area contributed by atoms with E-state index in [1.807, 2.05) is 36.4 Å². The van der Waals surface area contributed by atoms with E-state index in [1.54, 1.807) is 0 Å². The predicted octanol–water partition coefficient (Wildman–Crippen LogP) is 5.91. The Balaban J connectivity index is 0. The molecule has 0 aliphatic carbocycles. The number of carboxylic acid groups (broad SMARTS) is 1. The van der Waals surface area contributed by atoms with Gasteiger partial charge in [0.2, 0.25) is 0 Å². The lowest BCUT2D eigenvalue weighted by Crippen LogP contribution is -2.01. The summed E-state index contributed by atoms with van der Waals surface area (Å²) in [6, 6.07) is 10.0. The molecule has 0 radical (unpaired) electrons. The van der Waals surface area contributed by atoms with E-state index in [1.165, 1.54) is 31.4 Å². The van der Waals surface area contributed by atoms with Crippen molar-refractivity contribution in [3.05, 3.63) is 67.3 Å². The van der Waals surface area contributed by atoms with Gasteiger partial charge in [-0.2, -0.15) is 0 Å². The van der Waals surface area contributed by atoms with Gasteiger partial charge >= 0.3 is 11.9 Å². The molecular weight excluding hydrogens is 340 g/mol. The average Bonchev–Trinajstić information content (AvgIpc) is 2.65. The molecule has 0 bridgehead atoms. The largest absolute Gasteiger partial charge is 0.478 e. The zero-order chi connectivity index (χ0) is 21.1. The van der Waals surface area contributed by atoms with E-state index >= 15 is 0 Å². The lowest BCUT2D eigenvalue weighted by Gasteiger charge is -2.04. The maximum Gasteiger partial charge on any atom is 0.330 e. The second-order valence-corrected chi connectivity index (χ2v) is 6.32. The first-order valence-corrected chi connectivity index (χ1v) is 9.10. The van der Waals surface area contributed by atoms with Gasteiger partial charge in [0.25, 0.3) is 0 Å². The van der Waals surface area contributed by atoms with Crippen molar-refractivity contribution in [2.45, 2.75) is 46.5 Å². The smallest absolute Gasteiger partial charge is 0.330 e. The van der Waals surface area contributed by atoms with Crippen LogP contribution in [0.25, 0.3) is 6.08 Å². The first kappa shape index (κ1) is 26.6. The number of rotatable bonds is 9. The number of ether oxygens (including phenoxy) is 1. The molecule has 0 aliphatic heterocycles. The number of carboxylic acids is 1. The molecule has 0 amide bonds. The quantitative estimate of drug-likeness (QED) is 0.331. The highest BCUT2D eigenvalue weighted by atomic mass is 16.5. The molecule has 0 saturated heterocycles. The summed E-state index contributed by atoms with van der Waals surface area (Å²) in [5.74, 6) is -0.477. The first-order valence-electron chi connectivity index (χ1n) is 9.10. The molecule has 1 aromatic carbocycles. The Morgan fingerprint density at radius 3 is 2.04 bits per heavy atom. The van der Waals surface area contributed by atoms with Crippen molar-refractivity contribution in [3.63, 3.8) is 0 Å². The molecule has 0 aromatic heterocycles. The summed E-state index contributed by atoms with van der Waals surface area (Å²) < 4.78 is 4.84. The Bertz CT molecular complexity index is 547. The van der Waals surface area contributed by atoms with Gasteiger partial charge in [0.05, 0.1) is 6.61 Å². The van der Waals surface area contributed by atoms with Gasteiger partial charge in [-0.1, -0.05) is 89.3 Å². The number of benzene rings is 1. The normalized spacial score (nSPS) is 9.04. The molecule has 4 heteroatoms. The fourth-order valence-corrected chi connectivity index (χ4v) is 1.65. The molecule has 0 heterocycles. The Morgan fingerprint density at radius 1 is 1.11 bits per heavy atom. The Labute approximate surface area is 164 Å². The summed E-state index contributed by atoms with van der Waals surface area (Å²) in [6.45, 7) is 16.5. The van der Waals surface area contributed by atoms with Gasteiger partial charge in [0.15, 0.2) is 0 Å². The van der Waals surface area contributed by atoms with Gasteiger partial charge in [-0.3, -0.25) is 0 Å². The summed E-state index contributed by atoms with van der Waals surface area (Å²) in [5, 5.41) is 7.89. The number of unbranched alkanes of at least 4 members (excludes halogenated alkanes) is 2. The summed E-state index contributed by atoms with van der Waals surface area (Å²) in [7, 11) is 0. The van der Waals surface area contributed by atoms with E-state index in [-0.39, 0.29) is 11.5 Å². The molecule has 0 fully saturated rings. The van der Waals surface area contributed by atoms with Crippen LogP contribution in [0, 0.1) is 5.92 Å². The molecule has 4 nitrogen and oxygen atoms in total. The van der Waals surface area contributed by atoms with Crippen LogP contribution in [0.15, 0.2) is 61.7 Å². The zero-order valence-corrected chi connectivity index (χ0v) is 16.9. The maximum atomic E-state index is 10.6. The third kappa shape index (κ3) is 21.3. The van der Waals surface area contributed by atoms with Gasteiger partial charge in [0.1, 0.15) is 0 Å². The van der Waals surface area contributed by atoms with Crippen LogP contribution in [-0.4, -0.2) is 23.7 Å². The van der Waals surface area contributed by atoms with E-state index in [9.17, 15) is 9.59 Å². The van der Waals surface area contributed by atoms with Crippen molar-refractivity contribution in [3.8, 4) is 0 Å². The second-order valence-electron chi connectivity index (χ2n) is 6.32. The van der Waals surface area contributed by atoms with Crippen molar-refractivity contribution >= 4 is 18.0 Å². The van der Waals surface area contributed by atoms with Crippen molar-refractivity contribution in [1.29, 1.82) is 0 Å². The van der Waals surface area contributed by atoms with Crippen molar-refractivity contribution in [2.24, 2.45) is 5.92 Å². The molecule has 0 saturated carbocycles. The molecular formula is C23H34O4. The van der Waals surface area contributed by atoms with Crippen LogP contribution < -0.4 is 0 Å². The highest BCUT2D eigenvalue weighted by Gasteiger charge is 1.96. The Morgan fingerprint density at radius 2 is 1.67 bits per heavy atom. The fraction of sp³-hybridized carbons (Fsp3) is 0.391. The molecule has 0 atom stereocenters. The zero-order valence-electron chi connectivity index (χ0n) is 16.9. The third-order valence-corrected chi connectivity index (χ3v) is 3.24. The van der Waals surface area contributed by atoms with Gasteiger partial charge in [0, 0.05) is 11.6 Å². The summed E-state index contributed by atoms with van der Waals surface area (Å²) >= 11 is 0. The van der Waals surface area contributed by atoms with Crippen LogP contribution in [0.2, 0.25) is 0 Å². The maximum absolute atomic E-state index is 10.6. The molecule has 1 N–H and O–H groups in total. The second kappa shape index (κ2) is 18.2. The minimum Gasteiger partial charge on any atom is -0.478 e. The SMILES string of the molecule is C=C(C)C(=O)O.C=CC(=O)OCCCCCC(C)C.C=Cc1ccccc1. The Kier molecular flexibility index (Phi) is 17.9. The average molecular weight is 375 g/mol. The topological polar surface area (TPSA) is 63.6 Å². The summed E-state index contributed by atoms with van der Waals surface area (Å²) in [5.41, 5.74) is 1.35. The van der Waals surface area contributed by atoms with E-state index in [2.05, 4.69) is 33.6 Å². The lowest BCUT2D eigenvalue weighted by molar-refractivity contribution is -0.138.